The van der Waals surface area contributed by atoms with Crippen molar-refractivity contribution in [3.05, 3.63) is 39.8 Å². The van der Waals surface area contributed by atoms with Crippen LogP contribution < -0.4 is 5.73 Å². The molecule has 0 fully saturated rings. The second-order valence-electron chi connectivity index (χ2n) is 2.21. The van der Waals surface area contributed by atoms with Crippen LogP contribution in [0.2, 0.25) is 0 Å². The Hall–Kier alpha value is -0.920. The maximum Gasteiger partial charge on any atom is 0.0939 e. The van der Waals surface area contributed by atoms with E-state index in [0.29, 0.717) is 5.03 Å². The highest BCUT2D eigenvalue weighted by Gasteiger charge is 1.99. The quantitative estimate of drug-likeness (QED) is 0.653. The molecule has 0 aliphatic rings. The van der Waals surface area contributed by atoms with E-state index in [1.165, 1.54) is 17.8 Å². The molecule has 0 aromatic heterocycles. The lowest BCUT2D eigenvalue weighted by Crippen LogP contribution is -1.90. The maximum absolute atomic E-state index is 8.35. The lowest BCUT2D eigenvalue weighted by molar-refractivity contribution is 1.40. The van der Waals surface area contributed by atoms with Crippen LogP contribution in [0.3, 0.4) is 0 Å². The number of thioether (sulfide) groups is 1. The van der Waals surface area contributed by atoms with Gasteiger partial charge in [-0.3, -0.25) is 0 Å². The van der Waals surface area contributed by atoms with Gasteiger partial charge in [0.25, 0.3) is 0 Å². The summed E-state index contributed by atoms with van der Waals surface area (Å²) >= 11 is 4.75. The molecular weight excluding hydrogens is 248 g/mol. The minimum atomic E-state index is 0.495. The van der Waals surface area contributed by atoms with Crippen LogP contribution in [0.4, 0.5) is 0 Å². The van der Waals surface area contributed by atoms with Crippen LogP contribution in [-0.2, 0) is 0 Å². The molecule has 0 saturated heterocycles. The van der Waals surface area contributed by atoms with Crippen molar-refractivity contribution in [2.45, 2.75) is 4.90 Å². The smallest absolute Gasteiger partial charge is 0.0939 e. The molecule has 0 aliphatic carbocycles. The number of halogens is 1. The van der Waals surface area contributed by atoms with Crippen LogP contribution in [0, 0.1) is 11.3 Å². The summed E-state index contributed by atoms with van der Waals surface area (Å²) in [5.41, 5.74) is 5.57. The number of hydrogen-bond acceptors (Lipinski definition) is 3. The van der Waals surface area contributed by atoms with Gasteiger partial charge in [0, 0.05) is 15.4 Å². The highest BCUT2D eigenvalue weighted by molar-refractivity contribution is 9.10. The molecule has 4 heteroatoms. The molecule has 1 aromatic rings. The Kier molecular flexibility index (Phi) is 3.87. The zero-order chi connectivity index (χ0) is 9.68. The van der Waals surface area contributed by atoms with Crippen molar-refractivity contribution >= 4 is 27.7 Å². The van der Waals surface area contributed by atoms with Crippen molar-refractivity contribution in [3.63, 3.8) is 0 Å². The third-order valence-corrected chi connectivity index (χ3v) is 3.15. The highest BCUT2D eigenvalue weighted by atomic mass is 79.9. The van der Waals surface area contributed by atoms with Crippen molar-refractivity contribution in [2.24, 2.45) is 5.73 Å². The molecule has 66 valence electrons. The summed E-state index contributed by atoms with van der Waals surface area (Å²) in [6, 6.07) is 9.61. The summed E-state index contributed by atoms with van der Waals surface area (Å²) in [5, 5.41) is 8.85. The Balaban J connectivity index is 2.82. The predicted octanol–water partition coefficient (Wildman–Crippen LogP) is 2.86. The molecule has 0 heterocycles. The van der Waals surface area contributed by atoms with Crippen molar-refractivity contribution in [3.8, 4) is 6.07 Å². The van der Waals surface area contributed by atoms with Crippen LogP contribution in [0.1, 0.15) is 0 Å². The monoisotopic (exact) mass is 254 g/mol. The molecule has 0 atom stereocenters. The molecular formula is C9H7BrN2S. The predicted molar refractivity (Wildman–Crippen MR) is 57.9 cm³/mol. The SMILES string of the molecule is N#C/C=C(/N)Sc1ccccc1Br. The summed E-state index contributed by atoms with van der Waals surface area (Å²) in [6.45, 7) is 0. The molecule has 0 aliphatic heterocycles. The van der Waals surface area contributed by atoms with Crippen LogP contribution in [0.15, 0.2) is 44.7 Å². The zero-order valence-corrected chi connectivity index (χ0v) is 9.10. The number of rotatable bonds is 2. The van der Waals surface area contributed by atoms with Gasteiger partial charge in [-0.25, -0.2) is 0 Å². The number of allylic oxidation sites excluding steroid dienone is 1. The summed E-state index contributed by atoms with van der Waals surface area (Å²) in [6.07, 6.45) is 1.32. The van der Waals surface area contributed by atoms with Gasteiger partial charge < -0.3 is 5.73 Å². The molecule has 1 rings (SSSR count). The Bertz CT molecular complexity index is 368. The highest BCUT2D eigenvalue weighted by Crippen LogP contribution is 2.29. The number of nitrogens with zero attached hydrogens (tertiary/aromatic N) is 1. The van der Waals surface area contributed by atoms with Gasteiger partial charge in [-0.05, 0) is 28.1 Å². The molecule has 13 heavy (non-hydrogen) atoms. The first-order valence-corrected chi connectivity index (χ1v) is 5.12. The van der Waals surface area contributed by atoms with E-state index in [1.807, 2.05) is 30.3 Å². The van der Waals surface area contributed by atoms with Crippen LogP contribution in [0.25, 0.3) is 0 Å². The molecule has 2 N–H and O–H groups in total. The standard InChI is InChI=1S/C9H7BrN2S/c10-7-3-1-2-4-8(7)13-9(12)5-6-11/h1-5H,12H2/b9-5-. The van der Waals surface area contributed by atoms with Crippen molar-refractivity contribution in [1.29, 1.82) is 5.26 Å². The second kappa shape index (κ2) is 4.95. The first kappa shape index (κ1) is 10.2. The summed E-state index contributed by atoms with van der Waals surface area (Å²) in [4.78, 5) is 1.01. The van der Waals surface area contributed by atoms with Gasteiger partial charge in [0.15, 0.2) is 0 Å². The molecule has 2 nitrogen and oxygen atoms in total. The largest absolute Gasteiger partial charge is 0.393 e. The van der Waals surface area contributed by atoms with Gasteiger partial charge in [-0.15, -0.1) is 0 Å². The first-order chi connectivity index (χ1) is 6.24. The molecule has 1 aromatic carbocycles. The van der Waals surface area contributed by atoms with Gasteiger partial charge in [0.05, 0.1) is 11.1 Å². The minimum Gasteiger partial charge on any atom is -0.393 e. The van der Waals surface area contributed by atoms with Crippen LogP contribution in [0.5, 0.6) is 0 Å². The van der Waals surface area contributed by atoms with E-state index in [2.05, 4.69) is 15.9 Å². The van der Waals surface area contributed by atoms with Gasteiger partial charge in [0.1, 0.15) is 0 Å². The third-order valence-electron chi connectivity index (χ3n) is 1.27. The Morgan fingerprint density at radius 3 is 2.85 bits per heavy atom. The van der Waals surface area contributed by atoms with E-state index in [-0.39, 0.29) is 0 Å². The van der Waals surface area contributed by atoms with E-state index in [9.17, 15) is 0 Å². The van der Waals surface area contributed by atoms with Gasteiger partial charge in [-0.2, -0.15) is 5.26 Å². The van der Waals surface area contributed by atoms with Gasteiger partial charge in [-0.1, -0.05) is 23.9 Å². The van der Waals surface area contributed by atoms with E-state index in [0.717, 1.165) is 9.37 Å². The topological polar surface area (TPSA) is 49.8 Å². The maximum atomic E-state index is 8.35. The molecule has 0 saturated carbocycles. The van der Waals surface area contributed by atoms with E-state index < -0.39 is 0 Å². The lowest BCUT2D eigenvalue weighted by atomic mass is 10.4. The third kappa shape index (κ3) is 3.13. The minimum absolute atomic E-state index is 0.495. The summed E-state index contributed by atoms with van der Waals surface area (Å²) in [5.74, 6) is 0. The Morgan fingerprint density at radius 1 is 1.54 bits per heavy atom. The second-order valence-corrected chi connectivity index (χ2v) is 4.18. The Labute approximate surface area is 89.6 Å². The van der Waals surface area contributed by atoms with Crippen LogP contribution >= 0.6 is 27.7 Å². The number of hydrogen-bond donors (Lipinski definition) is 1. The fourth-order valence-corrected chi connectivity index (χ4v) is 1.95. The molecule has 0 radical (unpaired) electrons. The van der Waals surface area contributed by atoms with Crippen LogP contribution in [-0.4, -0.2) is 0 Å². The fraction of sp³-hybridized carbons (Fsp3) is 0. The molecule has 0 unspecified atom stereocenters. The van der Waals surface area contributed by atoms with Gasteiger partial charge >= 0.3 is 0 Å². The zero-order valence-electron chi connectivity index (χ0n) is 6.70. The first-order valence-electron chi connectivity index (χ1n) is 3.51. The fourth-order valence-electron chi connectivity index (χ4n) is 0.748. The number of nitrogens with two attached hydrogens (primary N) is 1. The van der Waals surface area contributed by atoms with E-state index >= 15 is 0 Å². The number of benzene rings is 1. The number of nitriles is 1. The van der Waals surface area contributed by atoms with E-state index in [1.54, 1.807) is 0 Å². The molecule has 0 amide bonds. The molecule has 0 spiro atoms. The van der Waals surface area contributed by atoms with Crippen molar-refractivity contribution < 1.29 is 0 Å². The average Bonchev–Trinajstić information content (AvgIpc) is 2.09. The van der Waals surface area contributed by atoms with E-state index in [4.69, 9.17) is 11.0 Å². The van der Waals surface area contributed by atoms with Crippen molar-refractivity contribution in [1.82, 2.24) is 0 Å². The lowest BCUT2D eigenvalue weighted by Gasteiger charge is -2.01. The summed E-state index contributed by atoms with van der Waals surface area (Å²) < 4.78 is 0.981. The Morgan fingerprint density at radius 2 is 2.23 bits per heavy atom. The average molecular weight is 255 g/mol. The molecule has 0 bridgehead atoms. The summed E-state index contributed by atoms with van der Waals surface area (Å²) in [7, 11) is 0. The van der Waals surface area contributed by atoms with Crippen molar-refractivity contribution in [2.75, 3.05) is 0 Å². The normalized spacial score (nSPS) is 10.9. The van der Waals surface area contributed by atoms with Gasteiger partial charge in [0.2, 0.25) is 0 Å².